The third-order valence-corrected chi connectivity index (χ3v) is 4.26. The molecule has 0 spiro atoms. The molecule has 1 fully saturated rings. The maximum absolute atomic E-state index is 12.3. The second kappa shape index (κ2) is 6.30. The number of hydrogen-bond acceptors (Lipinski definition) is 4. The Balaban J connectivity index is 2.03. The summed E-state index contributed by atoms with van der Waals surface area (Å²) in [6.45, 7) is 4.75. The van der Waals surface area contributed by atoms with Gasteiger partial charge in [-0.1, -0.05) is 0 Å². The van der Waals surface area contributed by atoms with Gasteiger partial charge in [-0.25, -0.2) is 4.98 Å². The SMILES string of the molecule is Cc1nc(/C=C/C(=O)N2CCCCC2C(C)N)cs1. The monoisotopic (exact) mass is 279 g/mol. The van der Waals surface area contributed by atoms with Crippen molar-refractivity contribution in [3.63, 3.8) is 0 Å². The number of aromatic nitrogens is 1. The fourth-order valence-corrected chi connectivity index (χ4v) is 3.07. The van der Waals surface area contributed by atoms with Gasteiger partial charge in [-0.3, -0.25) is 4.79 Å². The summed E-state index contributed by atoms with van der Waals surface area (Å²) in [6, 6.07) is 0.197. The van der Waals surface area contributed by atoms with Crippen LogP contribution in [0.3, 0.4) is 0 Å². The van der Waals surface area contributed by atoms with E-state index in [1.165, 1.54) is 0 Å². The van der Waals surface area contributed by atoms with E-state index in [-0.39, 0.29) is 18.0 Å². The Labute approximate surface area is 118 Å². The van der Waals surface area contributed by atoms with Crippen LogP contribution in [0.5, 0.6) is 0 Å². The van der Waals surface area contributed by atoms with Crippen molar-refractivity contribution >= 4 is 23.3 Å². The van der Waals surface area contributed by atoms with Gasteiger partial charge >= 0.3 is 0 Å². The maximum Gasteiger partial charge on any atom is 0.246 e. The molecule has 104 valence electrons. The highest BCUT2D eigenvalue weighted by molar-refractivity contribution is 7.09. The molecule has 1 aromatic heterocycles. The largest absolute Gasteiger partial charge is 0.335 e. The van der Waals surface area contributed by atoms with Crippen molar-refractivity contribution in [3.8, 4) is 0 Å². The first-order valence-electron chi connectivity index (χ1n) is 6.74. The third-order valence-electron chi connectivity index (χ3n) is 3.47. The Bertz CT molecular complexity index is 467. The minimum atomic E-state index is 0.0270. The molecule has 2 heterocycles. The van der Waals surface area contributed by atoms with Crippen LogP contribution in [0.2, 0.25) is 0 Å². The summed E-state index contributed by atoms with van der Waals surface area (Å²) in [6.07, 6.45) is 6.64. The summed E-state index contributed by atoms with van der Waals surface area (Å²) >= 11 is 1.59. The summed E-state index contributed by atoms with van der Waals surface area (Å²) in [5, 5.41) is 2.97. The molecule has 0 aromatic carbocycles. The number of nitrogens with two attached hydrogens (primary N) is 1. The average molecular weight is 279 g/mol. The lowest BCUT2D eigenvalue weighted by Crippen LogP contribution is -2.51. The number of rotatable bonds is 3. The van der Waals surface area contributed by atoms with E-state index in [0.717, 1.165) is 36.5 Å². The van der Waals surface area contributed by atoms with Crippen LogP contribution >= 0.6 is 11.3 Å². The Morgan fingerprint density at radius 3 is 3.05 bits per heavy atom. The van der Waals surface area contributed by atoms with Crippen LogP contribution in [0.15, 0.2) is 11.5 Å². The molecule has 1 aromatic rings. The number of aryl methyl sites for hydroxylation is 1. The predicted molar refractivity (Wildman–Crippen MR) is 78.9 cm³/mol. The number of thiazole rings is 1. The van der Waals surface area contributed by atoms with Gasteiger partial charge in [0.1, 0.15) is 0 Å². The van der Waals surface area contributed by atoms with Crippen molar-refractivity contribution in [2.24, 2.45) is 5.73 Å². The lowest BCUT2D eigenvalue weighted by Gasteiger charge is -2.37. The second-order valence-electron chi connectivity index (χ2n) is 5.08. The Hall–Kier alpha value is -1.20. The molecule has 0 aliphatic carbocycles. The van der Waals surface area contributed by atoms with E-state index in [0.29, 0.717) is 0 Å². The van der Waals surface area contributed by atoms with Gasteiger partial charge in [0.15, 0.2) is 0 Å². The van der Waals surface area contributed by atoms with E-state index in [1.54, 1.807) is 23.5 Å². The van der Waals surface area contributed by atoms with Crippen LogP contribution < -0.4 is 5.73 Å². The van der Waals surface area contributed by atoms with Gasteiger partial charge in [0.25, 0.3) is 0 Å². The van der Waals surface area contributed by atoms with Crippen LogP contribution in [0.4, 0.5) is 0 Å². The number of nitrogens with zero attached hydrogens (tertiary/aromatic N) is 2. The predicted octanol–water partition coefficient (Wildman–Crippen LogP) is 2.19. The molecule has 1 aliphatic rings. The molecule has 0 radical (unpaired) electrons. The smallest absolute Gasteiger partial charge is 0.246 e. The molecule has 0 saturated carbocycles. The quantitative estimate of drug-likeness (QED) is 0.863. The van der Waals surface area contributed by atoms with Gasteiger partial charge < -0.3 is 10.6 Å². The van der Waals surface area contributed by atoms with Gasteiger partial charge in [0.2, 0.25) is 5.91 Å². The van der Waals surface area contributed by atoms with Crippen molar-refractivity contribution < 1.29 is 4.79 Å². The number of piperidine rings is 1. The van der Waals surface area contributed by atoms with Crippen LogP contribution in [-0.2, 0) is 4.79 Å². The Morgan fingerprint density at radius 1 is 1.63 bits per heavy atom. The molecule has 2 unspecified atom stereocenters. The van der Waals surface area contributed by atoms with Crippen LogP contribution in [0, 0.1) is 6.92 Å². The molecule has 1 aliphatic heterocycles. The zero-order chi connectivity index (χ0) is 13.8. The summed E-state index contributed by atoms with van der Waals surface area (Å²) in [5.41, 5.74) is 6.83. The lowest BCUT2D eigenvalue weighted by molar-refractivity contribution is -0.129. The molecule has 1 saturated heterocycles. The van der Waals surface area contributed by atoms with Crippen molar-refractivity contribution in [1.82, 2.24) is 9.88 Å². The van der Waals surface area contributed by atoms with Crippen molar-refractivity contribution in [2.75, 3.05) is 6.54 Å². The number of carbonyl (C=O) groups is 1. The fourth-order valence-electron chi connectivity index (χ4n) is 2.49. The minimum absolute atomic E-state index is 0.0270. The Morgan fingerprint density at radius 2 is 2.42 bits per heavy atom. The molecule has 2 rings (SSSR count). The first-order valence-corrected chi connectivity index (χ1v) is 7.62. The van der Waals surface area contributed by atoms with E-state index in [2.05, 4.69) is 4.98 Å². The number of amides is 1. The molecule has 19 heavy (non-hydrogen) atoms. The van der Waals surface area contributed by atoms with E-state index in [9.17, 15) is 4.79 Å². The van der Waals surface area contributed by atoms with Crippen LogP contribution in [0.1, 0.15) is 36.9 Å². The van der Waals surface area contributed by atoms with Crippen molar-refractivity contribution in [2.45, 2.75) is 45.2 Å². The summed E-state index contributed by atoms with van der Waals surface area (Å²) < 4.78 is 0. The molecule has 0 bridgehead atoms. The van der Waals surface area contributed by atoms with Gasteiger partial charge in [-0.2, -0.15) is 0 Å². The molecule has 1 amide bonds. The molecular weight excluding hydrogens is 258 g/mol. The highest BCUT2D eigenvalue weighted by Crippen LogP contribution is 2.19. The number of carbonyl (C=O) groups excluding carboxylic acids is 1. The van der Waals surface area contributed by atoms with Gasteiger partial charge in [-0.15, -0.1) is 11.3 Å². The molecular formula is C14H21N3OS. The first-order chi connectivity index (χ1) is 9.08. The van der Waals surface area contributed by atoms with Crippen molar-refractivity contribution in [3.05, 3.63) is 22.2 Å². The molecule has 2 N–H and O–H groups in total. The Kier molecular flexibility index (Phi) is 4.71. The normalized spacial score (nSPS) is 21.8. The third kappa shape index (κ3) is 3.64. The maximum atomic E-state index is 12.3. The highest BCUT2D eigenvalue weighted by atomic mass is 32.1. The van der Waals surface area contributed by atoms with E-state index in [1.807, 2.05) is 24.1 Å². The summed E-state index contributed by atoms with van der Waals surface area (Å²) in [7, 11) is 0. The molecule has 2 atom stereocenters. The second-order valence-corrected chi connectivity index (χ2v) is 6.14. The van der Waals surface area contributed by atoms with Gasteiger partial charge in [-0.05, 0) is 39.2 Å². The highest BCUT2D eigenvalue weighted by Gasteiger charge is 2.27. The first kappa shape index (κ1) is 14.2. The fraction of sp³-hybridized carbons (Fsp3) is 0.571. The van der Waals surface area contributed by atoms with E-state index < -0.39 is 0 Å². The zero-order valence-electron chi connectivity index (χ0n) is 11.5. The number of likely N-dealkylation sites (tertiary alicyclic amines) is 1. The summed E-state index contributed by atoms with van der Waals surface area (Å²) in [4.78, 5) is 18.5. The van der Waals surface area contributed by atoms with E-state index in [4.69, 9.17) is 5.73 Å². The van der Waals surface area contributed by atoms with Crippen LogP contribution in [-0.4, -0.2) is 34.4 Å². The van der Waals surface area contributed by atoms with E-state index >= 15 is 0 Å². The van der Waals surface area contributed by atoms with Crippen LogP contribution in [0.25, 0.3) is 6.08 Å². The molecule has 5 heteroatoms. The zero-order valence-corrected chi connectivity index (χ0v) is 12.3. The lowest BCUT2D eigenvalue weighted by atomic mass is 9.97. The van der Waals surface area contributed by atoms with Gasteiger partial charge in [0.05, 0.1) is 10.7 Å². The summed E-state index contributed by atoms with van der Waals surface area (Å²) in [5.74, 6) is 0.0488. The van der Waals surface area contributed by atoms with Gasteiger partial charge in [0, 0.05) is 30.1 Å². The minimum Gasteiger partial charge on any atom is -0.335 e. The average Bonchev–Trinajstić information content (AvgIpc) is 2.81. The standard InChI is InChI=1S/C14H21N3OS/c1-10(15)13-5-3-4-8-17(13)14(18)7-6-12-9-19-11(2)16-12/h6-7,9-10,13H,3-5,8,15H2,1-2H3/b7-6+. The van der Waals surface area contributed by atoms with Crippen molar-refractivity contribution in [1.29, 1.82) is 0 Å². The number of hydrogen-bond donors (Lipinski definition) is 1. The molecule has 4 nitrogen and oxygen atoms in total. The topological polar surface area (TPSA) is 59.2 Å².